The molecule has 208 valence electrons. The number of rotatable bonds is 5. The highest BCUT2D eigenvalue weighted by Crippen LogP contribution is 2.58. The van der Waals surface area contributed by atoms with Crippen molar-refractivity contribution < 1.29 is 0 Å². The Bertz CT molecular complexity index is 1270. The zero-order valence-corrected chi connectivity index (χ0v) is 23.7. The van der Waals surface area contributed by atoms with Crippen molar-refractivity contribution in [1.29, 1.82) is 0 Å². The lowest BCUT2D eigenvalue weighted by Gasteiger charge is -2.36. The first-order valence-electron chi connectivity index (χ1n) is 15.8. The van der Waals surface area contributed by atoms with Crippen molar-refractivity contribution in [2.75, 3.05) is 31.1 Å². The summed E-state index contributed by atoms with van der Waals surface area (Å²) in [6, 6.07) is 5.64. The molecule has 0 spiro atoms. The van der Waals surface area contributed by atoms with Crippen LogP contribution in [-0.2, 0) is 0 Å². The molecule has 8 rings (SSSR count). The van der Waals surface area contributed by atoms with Crippen LogP contribution in [0.15, 0.2) is 24.5 Å². The number of fused-ring (bicyclic) bond motifs is 5. The second kappa shape index (κ2) is 10.7. The van der Waals surface area contributed by atoms with Gasteiger partial charge in [-0.2, -0.15) is 0 Å². The molecule has 0 radical (unpaired) electrons. The van der Waals surface area contributed by atoms with Crippen molar-refractivity contribution in [3.8, 4) is 11.3 Å². The van der Waals surface area contributed by atoms with Crippen LogP contribution in [-0.4, -0.2) is 46.1 Å². The number of nitrogens with one attached hydrogen (secondary N) is 4. The van der Waals surface area contributed by atoms with Crippen LogP contribution in [0.5, 0.6) is 0 Å². The molecule has 2 bridgehead atoms. The molecule has 0 amide bonds. The van der Waals surface area contributed by atoms with Crippen LogP contribution in [0.2, 0.25) is 0 Å². The standard InChI is InChI=1S/C30H39N7.C2H6/c1-3-22(31-11-1)29-33-16-24(35-29)18-9-13-37(14-10-18)26-8-7-21(27-19-5-6-20(15-19)28(26)27)25-17-34-30(36-25)23-4-2-12-32-23;1-2/h7-8,16-20,22-23,31-32H,1-6,9-15H2,(H,33,35)(H,34,36);1-2H3. The lowest BCUT2D eigenvalue weighted by molar-refractivity contribution is 0.494. The molecule has 4 atom stereocenters. The third-order valence-corrected chi connectivity index (χ3v) is 10.1. The van der Waals surface area contributed by atoms with Gasteiger partial charge in [-0.1, -0.05) is 19.9 Å². The van der Waals surface area contributed by atoms with Crippen molar-refractivity contribution in [2.24, 2.45) is 0 Å². The molecule has 4 unspecified atom stereocenters. The van der Waals surface area contributed by atoms with Crippen LogP contribution in [0, 0.1) is 0 Å². The molecule has 39 heavy (non-hydrogen) atoms. The van der Waals surface area contributed by atoms with Gasteiger partial charge in [0.1, 0.15) is 11.6 Å². The Kier molecular flexibility index (Phi) is 6.97. The predicted molar refractivity (Wildman–Crippen MR) is 157 cm³/mol. The summed E-state index contributed by atoms with van der Waals surface area (Å²) in [7, 11) is 0. The van der Waals surface area contributed by atoms with Gasteiger partial charge in [-0.05, 0) is 99.9 Å². The lowest BCUT2D eigenvalue weighted by Crippen LogP contribution is -2.34. The van der Waals surface area contributed by atoms with Gasteiger partial charge in [0.05, 0.1) is 24.0 Å². The molecule has 2 aromatic heterocycles. The minimum Gasteiger partial charge on any atom is -0.371 e. The number of hydrogen-bond acceptors (Lipinski definition) is 5. The molecule has 5 aliphatic rings. The van der Waals surface area contributed by atoms with Gasteiger partial charge in [-0.15, -0.1) is 0 Å². The van der Waals surface area contributed by atoms with E-state index in [2.05, 4.69) is 50.0 Å². The summed E-state index contributed by atoms with van der Waals surface area (Å²) in [6.07, 6.45) is 15.5. The molecule has 3 aliphatic heterocycles. The van der Waals surface area contributed by atoms with E-state index in [1.165, 1.54) is 80.4 Å². The van der Waals surface area contributed by atoms with E-state index in [0.29, 0.717) is 18.0 Å². The Labute approximate surface area is 233 Å². The number of anilines is 1. The van der Waals surface area contributed by atoms with Crippen LogP contribution in [0.1, 0.15) is 130 Å². The molecule has 1 saturated carbocycles. The number of H-pyrrole nitrogens is 2. The van der Waals surface area contributed by atoms with E-state index in [1.807, 2.05) is 13.8 Å². The van der Waals surface area contributed by atoms with Crippen LogP contribution in [0.25, 0.3) is 11.3 Å². The quantitative estimate of drug-likeness (QED) is 0.308. The average molecular weight is 528 g/mol. The fourth-order valence-electron chi connectivity index (χ4n) is 8.16. The first-order chi connectivity index (χ1) is 19.3. The first-order valence-corrected chi connectivity index (χ1v) is 15.8. The summed E-state index contributed by atoms with van der Waals surface area (Å²) >= 11 is 0. The molecule has 1 aromatic carbocycles. The van der Waals surface area contributed by atoms with Gasteiger partial charge in [0.15, 0.2) is 0 Å². The highest BCUT2D eigenvalue weighted by Gasteiger charge is 2.41. The number of nitrogens with zero attached hydrogens (tertiary/aromatic N) is 3. The van der Waals surface area contributed by atoms with Crippen molar-refractivity contribution in [2.45, 2.75) is 101 Å². The molecule has 3 saturated heterocycles. The van der Waals surface area contributed by atoms with Gasteiger partial charge in [0, 0.05) is 42.1 Å². The SMILES string of the molecule is CC.c1nc(C2CCCN2)[nH]c1-c1ccc(N2CCC(c3cnc(C4CCCN4)[nH]3)CC2)c2c1C1CCC2C1. The van der Waals surface area contributed by atoms with Crippen molar-refractivity contribution >= 4 is 5.69 Å². The lowest BCUT2D eigenvalue weighted by atomic mass is 9.85. The van der Waals surface area contributed by atoms with E-state index >= 15 is 0 Å². The second-order valence-electron chi connectivity index (χ2n) is 12.1. The van der Waals surface area contributed by atoms with E-state index in [1.54, 1.807) is 11.1 Å². The maximum absolute atomic E-state index is 4.80. The summed E-state index contributed by atoms with van der Waals surface area (Å²) in [6.45, 7) is 8.48. The minimum absolute atomic E-state index is 0.388. The zero-order chi connectivity index (χ0) is 26.3. The first kappa shape index (κ1) is 25.3. The summed E-state index contributed by atoms with van der Waals surface area (Å²) in [5, 5.41) is 7.17. The summed E-state index contributed by atoms with van der Waals surface area (Å²) in [5.41, 5.74) is 8.77. The molecular weight excluding hydrogens is 482 g/mol. The van der Waals surface area contributed by atoms with E-state index in [9.17, 15) is 0 Å². The number of imidazole rings is 2. The van der Waals surface area contributed by atoms with Gasteiger partial charge < -0.3 is 25.5 Å². The largest absolute Gasteiger partial charge is 0.371 e. The van der Waals surface area contributed by atoms with E-state index in [-0.39, 0.29) is 0 Å². The van der Waals surface area contributed by atoms with Gasteiger partial charge in [0.2, 0.25) is 0 Å². The summed E-state index contributed by atoms with van der Waals surface area (Å²) < 4.78 is 0. The molecule has 4 N–H and O–H groups in total. The number of aromatic nitrogens is 4. The smallest absolute Gasteiger partial charge is 0.123 e. The molecule has 5 heterocycles. The van der Waals surface area contributed by atoms with E-state index in [4.69, 9.17) is 9.97 Å². The van der Waals surface area contributed by atoms with Gasteiger partial charge in [-0.25, -0.2) is 9.97 Å². The number of aromatic amines is 2. The number of hydrogen-bond donors (Lipinski definition) is 4. The van der Waals surface area contributed by atoms with Crippen molar-refractivity contribution in [1.82, 2.24) is 30.6 Å². The maximum Gasteiger partial charge on any atom is 0.123 e. The predicted octanol–water partition coefficient (Wildman–Crippen LogP) is 6.42. The Morgan fingerprint density at radius 2 is 1.38 bits per heavy atom. The van der Waals surface area contributed by atoms with E-state index in [0.717, 1.165) is 49.7 Å². The van der Waals surface area contributed by atoms with Crippen LogP contribution >= 0.6 is 0 Å². The van der Waals surface area contributed by atoms with Crippen LogP contribution < -0.4 is 15.5 Å². The third-order valence-electron chi connectivity index (χ3n) is 10.1. The minimum atomic E-state index is 0.388. The zero-order valence-electron chi connectivity index (χ0n) is 23.7. The van der Waals surface area contributed by atoms with Gasteiger partial charge in [0.25, 0.3) is 0 Å². The molecule has 4 fully saturated rings. The monoisotopic (exact) mass is 527 g/mol. The summed E-state index contributed by atoms with van der Waals surface area (Å²) in [4.78, 5) is 19.6. The molecule has 3 aromatic rings. The Morgan fingerprint density at radius 1 is 0.718 bits per heavy atom. The maximum atomic E-state index is 4.80. The molecule has 2 aliphatic carbocycles. The average Bonchev–Trinajstić information content (AvgIpc) is 3.84. The Balaban J connectivity index is 0.00000124. The highest BCUT2D eigenvalue weighted by atomic mass is 15.1. The molecule has 7 nitrogen and oxygen atoms in total. The fourth-order valence-corrected chi connectivity index (χ4v) is 8.16. The highest BCUT2D eigenvalue weighted by molar-refractivity contribution is 5.75. The molecular formula is C32H45N7. The Hall–Kier alpha value is -2.64. The van der Waals surface area contributed by atoms with Gasteiger partial charge in [-0.3, -0.25) is 0 Å². The van der Waals surface area contributed by atoms with Crippen LogP contribution in [0.4, 0.5) is 5.69 Å². The molecule has 7 heteroatoms. The van der Waals surface area contributed by atoms with Crippen molar-refractivity contribution in [3.63, 3.8) is 0 Å². The Morgan fingerprint density at radius 3 is 2.08 bits per heavy atom. The van der Waals surface area contributed by atoms with Gasteiger partial charge >= 0.3 is 0 Å². The van der Waals surface area contributed by atoms with E-state index < -0.39 is 0 Å². The third kappa shape index (κ3) is 4.51. The van der Waals surface area contributed by atoms with Crippen molar-refractivity contribution in [3.05, 3.63) is 53.0 Å². The number of piperidine rings is 1. The topological polar surface area (TPSA) is 84.7 Å². The normalized spacial score (nSPS) is 28.1. The number of benzene rings is 1. The second-order valence-corrected chi connectivity index (χ2v) is 12.1. The van der Waals surface area contributed by atoms with Crippen LogP contribution in [0.3, 0.4) is 0 Å². The summed E-state index contributed by atoms with van der Waals surface area (Å²) in [5.74, 6) is 4.30. The fraction of sp³-hybridized carbons (Fsp3) is 0.625.